The van der Waals surface area contributed by atoms with Gasteiger partial charge in [0.25, 0.3) is 0 Å². The minimum atomic E-state index is -3.93. The lowest BCUT2D eigenvalue weighted by Crippen LogP contribution is -2.45. The van der Waals surface area contributed by atoms with E-state index in [1.807, 2.05) is 6.92 Å². The molecule has 1 aromatic carbocycles. The number of carbonyl (C=O) groups excluding carboxylic acids is 2. The fourth-order valence-electron chi connectivity index (χ4n) is 1.98. The Morgan fingerprint density at radius 1 is 1.17 bits per heavy atom. The summed E-state index contributed by atoms with van der Waals surface area (Å²) in [4.78, 5) is 23.4. The van der Waals surface area contributed by atoms with Crippen molar-refractivity contribution in [2.75, 3.05) is 13.7 Å². The zero-order valence-electron chi connectivity index (χ0n) is 14.2. The van der Waals surface area contributed by atoms with Gasteiger partial charge in [-0.25, -0.2) is 13.2 Å². The predicted molar refractivity (Wildman–Crippen MR) is 88.0 cm³/mol. The van der Waals surface area contributed by atoms with Crippen LogP contribution in [0.5, 0.6) is 0 Å². The van der Waals surface area contributed by atoms with E-state index in [1.165, 1.54) is 31.4 Å². The zero-order valence-corrected chi connectivity index (χ0v) is 15.1. The topological polar surface area (TPSA) is 98.8 Å². The van der Waals surface area contributed by atoms with Gasteiger partial charge in [0.15, 0.2) is 0 Å². The monoisotopic (exact) mass is 357 g/mol. The molecule has 0 heterocycles. The molecule has 0 aliphatic heterocycles. The first-order chi connectivity index (χ1) is 11.3. The van der Waals surface area contributed by atoms with Crippen molar-refractivity contribution in [1.82, 2.24) is 4.72 Å². The number of ether oxygens (including phenoxy) is 2. The second-order valence-electron chi connectivity index (χ2n) is 5.25. The molecule has 1 rings (SSSR count). The highest BCUT2D eigenvalue weighted by molar-refractivity contribution is 7.89. The molecule has 2 atom stereocenters. The Morgan fingerprint density at radius 3 is 2.21 bits per heavy atom. The summed E-state index contributed by atoms with van der Waals surface area (Å²) in [5.41, 5.74) is 0.252. The van der Waals surface area contributed by atoms with Gasteiger partial charge in [0, 0.05) is 0 Å². The second-order valence-corrected chi connectivity index (χ2v) is 6.97. The molecule has 0 radical (unpaired) electrons. The number of sulfonamides is 1. The highest BCUT2D eigenvalue weighted by atomic mass is 32.2. The summed E-state index contributed by atoms with van der Waals surface area (Å²) in [5, 5.41) is 0. The third kappa shape index (κ3) is 5.04. The lowest BCUT2D eigenvalue weighted by Gasteiger charge is -2.21. The van der Waals surface area contributed by atoms with Crippen LogP contribution >= 0.6 is 0 Å². The number of carbonyl (C=O) groups is 2. The van der Waals surface area contributed by atoms with Gasteiger partial charge in [-0.2, -0.15) is 4.72 Å². The highest BCUT2D eigenvalue weighted by Crippen LogP contribution is 2.16. The van der Waals surface area contributed by atoms with Crippen molar-refractivity contribution in [3.63, 3.8) is 0 Å². The Hall–Kier alpha value is -1.93. The van der Waals surface area contributed by atoms with Gasteiger partial charge in [0.1, 0.15) is 6.04 Å². The molecule has 1 N–H and O–H groups in total. The van der Waals surface area contributed by atoms with Gasteiger partial charge < -0.3 is 9.47 Å². The van der Waals surface area contributed by atoms with Gasteiger partial charge in [0.05, 0.1) is 24.2 Å². The van der Waals surface area contributed by atoms with Crippen molar-refractivity contribution in [1.29, 1.82) is 0 Å². The Morgan fingerprint density at radius 2 is 1.75 bits per heavy atom. The molecule has 0 aliphatic rings. The predicted octanol–water partition coefficient (Wildman–Crippen LogP) is 1.73. The molecule has 0 spiro atoms. The van der Waals surface area contributed by atoms with E-state index in [9.17, 15) is 18.0 Å². The van der Waals surface area contributed by atoms with E-state index in [1.54, 1.807) is 13.8 Å². The van der Waals surface area contributed by atoms with E-state index >= 15 is 0 Å². The maximum Gasteiger partial charge on any atom is 0.338 e. The summed E-state index contributed by atoms with van der Waals surface area (Å²) in [6, 6.07) is 4.33. The number of esters is 2. The maximum absolute atomic E-state index is 12.5. The van der Waals surface area contributed by atoms with E-state index in [0.717, 1.165) is 0 Å². The molecule has 1 aromatic rings. The molecule has 0 bridgehead atoms. The number of rotatable bonds is 8. The zero-order chi connectivity index (χ0) is 18.3. The van der Waals surface area contributed by atoms with E-state index < -0.39 is 28.0 Å². The van der Waals surface area contributed by atoms with Gasteiger partial charge in [-0.1, -0.05) is 20.3 Å². The van der Waals surface area contributed by atoms with Crippen molar-refractivity contribution in [2.45, 2.75) is 38.1 Å². The molecule has 7 nitrogen and oxygen atoms in total. The van der Waals surface area contributed by atoms with Crippen LogP contribution in [-0.4, -0.2) is 40.1 Å². The van der Waals surface area contributed by atoms with E-state index in [2.05, 4.69) is 9.46 Å². The van der Waals surface area contributed by atoms with Crippen LogP contribution in [0.15, 0.2) is 29.2 Å². The van der Waals surface area contributed by atoms with Crippen LogP contribution in [0.1, 0.15) is 37.6 Å². The molecular formula is C16H23NO6S. The maximum atomic E-state index is 12.5. The number of hydrogen-bond acceptors (Lipinski definition) is 6. The van der Waals surface area contributed by atoms with E-state index in [4.69, 9.17) is 4.74 Å². The quantitative estimate of drug-likeness (QED) is 0.712. The molecule has 0 amide bonds. The normalized spacial score (nSPS) is 13.8. The Kier molecular flexibility index (Phi) is 7.37. The molecular weight excluding hydrogens is 334 g/mol. The molecule has 24 heavy (non-hydrogen) atoms. The first-order valence-electron chi connectivity index (χ1n) is 7.64. The number of methoxy groups -OCH3 is 1. The number of nitrogens with one attached hydrogen (secondary N) is 1. The van der Waals surface area contributed by atoms with Crippen LogP contribution < -0.4 is 4.72 Å². The van der Waals surface area contributed by atoms with Crippen LogP contribution in [-0.2, 0) is 24.3 Å². The minimum Gasteiger partial charge on any atom is -0.468 e. The van der Waals surface area contributed by atoms with Crippen molar-refractivity contribution < 1.29 is 27.5 Å². The van der Waals surface area contributed by atoms with Crippen LogP contribution in [0.2, 0.25) is 0 Å². The molecule has 0 unspecified atom stereocenters. The average Bonchev–Trinajstić information content (AvgIpc) is 2.58. The average molecular weight is 357 g/mol. The number of benzene rings is 1. The van der Waals surface area contributed by atoms with Gasteiger partial charge in [-0.3, -0.25) is 4.79 Å². The summed E-state index contributed by atoms with van der Waals surface area (Å²) in [5.74, 6) is -1.40. The van der Waals surface area contributed by atoms with Crippen molar-refractivity contribution >= 4 is 22.0 Å². The van der Waals surface area contributed by atoms with Crippen LogP contribution in [0.3, 0.4) is 0 Å². The smallest absolute Gasteiger partial charge is 0.338 e. The van der Waals surface area contributed by atoms with Crippen LogP contribution in [0, 0.1) is 5.92 Å². The largest absolute Gasteiger partial charge is 0.468 e. The van der Waals surface area contributed by atoms with Gasteiger partial charge in [-0.05, 0) is 37.1 Å². The first kappa shape index (κ1) is 20.1. The van der Waals surface area contributed by atoms with Crippen molar-refractivity contribution in [3.05, 3.63) is 29.8 Å². The standard InChI is InChI=1S/C16H23NO6S/c1-5-11(3)14(16(19)22-4)17-24(20,21)13-9-7-12(8-10-13)15(18)23-6-2/h7-11,14,17H,5-6H2,1-4H3/t11-,14-/m1/s1. The molecule has 0 saturated heterocycles. The Labute approximate surface area is 142 Å². The third-order valence-corrected chi connectivity index (χ3v) is 5.08. The fraction of sp³-hybridized carbons (Fsp3) is 0.500. The summed E-state index contributed by atoms with van der Waals surface area (Å²) in [6.07, 6.45) is 0.601. The number of hydrogen-bond donors (Lipinski definition) is 1. The van der Waals surface area contributed by atoms with Crippen LogP contribution in [0.4, 0.5) is 0 Å². The lowest BCUT2D eigenvalue weighted by molar-refractivity contribution is -0.143. The summed E-state index contributed by atoms with van der Waals surface area (Å²) in [6.45, 7) is 5.52. The summed E-state index contributed by atoms with van der Waals surface area (Å²) in [7, 11) is -2.72. The second kappa shape index (κ2) is 8.79. The molecule has 0 saturated carbocycles. The molecule has 0 aliphatic carbocycles. The Bertz CT molecular complexity index is 668. The SMILES string of the molecule is CCOC(=O)c1ccc(S(=O)(=O)N[C@@H](C(=O)OC)[C@H](C)CC)cc1. The first-order valence-corrected chi connectivity index (χ1v) is 9.12. The van der Waals surface area contributed by atoms with Crippen molar-refractivity contribution in [2.24, 2.45) is 5.92 Å². The van der Waals surface area contributed by atoms with Crippen LogP contribution in [0.25, 0.3) is 0 Å². The fourth-order valence-corrected chi connectivity index (χ4v) is 3.27. The molecule has 134 valence electrons. The minimum absolute atomic E-state index is 0.0484. The van der Waals surface area contributed by atoms with Gasteiger partial charge in [-0.15, -0.1) is 0 Å². The van der Waals surface area contributed by atoms with E-state index in [0.29, 0.717) is 6.42 Å². The molecule has 8 heteroatoms. The summed E-state index contributed by atoms with van der Waals surface area (Å²) >= 11 is 0. The lowest BCUT2D eigenvalue weighted by atomic mass is 10.0. The molecule has 0 aromatic heterocycles. The van der Waals surface area contributed by atoms with Gasteiger partial charge in [0.2, 0.25) is 10.0 Å². The highest BCUT2D eigenvalue weighted by Gasteiger charge is 2.30. The molecule has 0 fully saturated rings. The van der Waals surface area contributed by atoms with Gasteiger partial charge >= 0.3 is 11.9 Å². The van der Waals surface area contributed by atoms with E-state index in [-0.39, 0.29) is 23.0 Å². The third-order valence-electron chi connectivity index (χ3n) is 3.63. The van der Waals surface area contributed by atoms with Crippen molar-refractivity contribution in [3.8, 4) is 0 Å². The Balaban J connectivity index is 3.02. The summed E-state index contributed by atoms with van der Waals surface area (Å²) < 4.78 is 36.8.